The van der Waals surface area contributed by atoms with Crippen LogP contribution in [0.5, 0.6) is 0 Å². The van der Waals surface area contributed by atoms with Crippen molar-refractivity contribution in [2.45, 2.75) is 86.2 Å². The third kappa shape index (κ3) is 16.6. The molecule has 1 heterocycles. The van der Waals surface area contributed by atoms with Crippen molar-refractivity contribution in [2.75, 3.05) is 13.6 Å². The lowest BCUT2D eigenvalue weighted by atomic mass is 9.82. The Labute approximate surface area is 195 Å². The molecule has 0 aliphatic heterocycles. The highest BCUT2D eigenvalue weighted by atomic mass is 32.1. The van der Waals surface area contributed by atoms with Gasteiger partial charge in [0.25, 0.3) is 0 Å². The average Bonchev–Trinajstić information content (AvgIpc) is 3.21. The summed E-state index contributed by atoms with van der Waals surface area (Å²) in [6, 6.07) is 0. The van der Waals surface area contributed by atoms with Crippen molar-refractivity contribution in [3.8, 4) is 0 Å². The van der Waals surface area contributed by atoms with E-state index < -0.39 is 6.10 Å². The fraction of sp³-hybridized carbons (Fsp3) is 0.640. The van der Waals surface area contributed by atoms with Crippen LogP contribution < -0.4 is 5.32 Å². The van der Waals surface area contributed by atoms with Crippen molar-refractivity contribution in [3.63, 3.8) is 0 Å². The quantitative estimate of drug-likeness (QED) is 0.163. The number of aliphatic hydroxyl groups excluding tert-OH is 1. The van der Waals surface area contributed by atoms with Crippen LogP contribution in [0.2, 0.25) is 0 Å². The number of aliphatic imine (C=N–C) groups is 1. The first-order valence-corrected chi connectivity index (χ1v) is 12.3. The van der Waals surface area contributed by atoms with Gasteiger partial charge >= 0.3 is 0 Å². The lowest BCUT2D eigenvalue weighted by molar-refractivity contribution is 0.164. The number of hydrogen-bond donors (Lipinski definition) is 3. The van der Waals surface area contributed by atoms with Crippen molar-refractivity contribution >= 4 is 29.0 Å². The number of rotatable bonds is 9. The van der Waals surface area contributed by atoms with E-state index in [2.05, 4.69) is 28.8 Å². The maximum Gasteiger partial charge on any atom is 0.122 e. The van der Waals surface area contributed by atoms with Crippen LogP contribution in [-0.2, 0) is 0 Å². The van der Waals surface area contributed by atoms with Gasteiger partial charge in [-0.3, -0.25) is 4.99 Å². The first-order chi connectivity index (χ1) is 14.9. The van der Waals surface area contributed by atoms with E-state index in [1.807, 2.05) is 46.8 Å². The summed E-state index contributed by atoms with van der Waals surface area (Å²) < 4.78 is 0. The summed E-state index contributed by atoms with van der Waals surface area (Å²) in [4.78, 5) is 9.00. The monoisotopic (exact) mass is 450 g/mol. The molecule has 5 nitrogen and oxygen atoms in total. The molecule has 1 unspecified atom stereocenters. The van der Waals surface area contributed by atoms with Gasteiger partial charge in [-0.15, -0.1) is 11.3 Å². The second-order valence-corrected chi connectivity index (χ2v) is 8.24. The summed E-state index contributed by atoms with van der Waals surface area (Å²) >= 11 is 1.54. The standard InChI is InChI=1S/C11H17NOS.C6H12N2.C6H11N.C2H6/c1-4-5-6-9(13)11-12-7-10(14-11)8(2)3;1-3-4-5-8-6-7-2;1-5(7)6-3-2-4-6;1-2/h7,9,13H,2,4-6H2,1,3H3;3-4,6H,5H2,1-2H3,(H,7,8);6-7H,2-4H2,1H3;1-2H3/b;4-3+;;. The summed E-state index contributed by atoms with van der Waals surface area (Å²) in [6.07, 6.45) is 14.0. The molecular formula is C25H46N4OS. The molecule has 1 atom stereocenters. The minimum atomic E-state index is -0.395. The van der Waals surface area contributed by atoms with Crippen LogP contribution >= 0.6 is 11.3 Å². The lowest BCUT2D eigenvalue weighted by Gasteiger charge is -2.23. The molecule has 0 radical (unpaired) electrons. The number of aromatic nitrogens is 1. The van der Waals surface area contributed by atoms with Gasteiger partial charge in [0.2, 0.25) is 0 Å². The number of unbranched alkanes of at least 4 members (excludes halogenated alkanes) is 1. The topological polar surface area (TPSA) is 81.4 Å². The number of hydrogen-bond acceptors (Lipinski definition) is 5. The Hall–Kier alpha value is -1.79. The van der Waals surface area contributed by atoms with Gasteiger partial charge in [-0.1, -0.05) is 58.8 Å². The van der Waals surface area contributed by atoms with E-state index in [0.29, 0.717) is 5.92 Å². The molecule has 6 heteroatoms. The highest BCUT2D eigenvalue weighted by Crippen LogP contribution is 2.27. The molecular weight excluding hydrogens is 404 g/mol. The van der Waals surface area contributed by atoms with Crippen LogP contribution in [0, 0.1) is 11.3 Å². The molecule has 0 saturated heterocycles. The highest BCUT2D eigenvalue weighted by molar-refractivity contribution is 7.12. The largest absolute Gasteiger partial charge is 0.386 e. The maximum absolute atomic E-state index is 9.76. The van der Waals surface area contributed by atoms with Gasteiger partial charge in [0.05, 0.1) is 6.34 Å². The Morgan fingerprint density at radius 1 is 1.42 bits per heavy atom. The molecule has 2 rings (SSSR count). The Bertz CT molecular complexity index is 621. The molecule has 0 amide bonds. The third-order valence-corrected chi connectivity index (χ3v) is 5.73. The fourth-order valence-electron chi connectivity index (χ4n) is 2.33. The summed E-state index contributed by atoms with van der Waals surface area (Å²) in [7, 11) is 1.74. The van der Waals surface area contributed by atoms with E-state index in [1.165, 1.54) is 30.6 Å². The minimum absolute atomic E-state index is 0.395. The van der Waals surface area contributed by atoms with Crippen LogP contribution in [0.1, 0.15) is 96.1 Å². The van der Waals surface area contributed by atoms with Crippen molar-refractivity contribution in [1.29, 1.82) is 5.41 Å². The zero-order valence-corrected chi connectivity index (χ0v) is 21.7. The normalized spacial score (nSPS) is 13.7. The minimum Gasteiger partial charge on any atom is -0.386 e. The lowest BCUT2D eigenvalue weighted by Crippen LogP contribution is -2.17. The molecule has 1 aliphatic carbocycles. The predicted octanol–water partition coefficient (Wildman–Crippen LogP) is 7.06. The SMILES string of the molecule is C/C=C/CNC=NC.C=C(C)c1cnc(C(O)CCCC)s1.CC.CC(=N)C1CCC1. The number of allylic oxidation sites excluding steroid dienone is 2. The van der Waals surface area contributed by atoms with E-state index in [4.69, 9.17) is 5.41 Å². The average molecular weight is 451 g/mol. The van der Waals surface area contributed by atoms with Crippen LogP contribution in [-0.4, -0.2) is 35.7 Å². The second-order valence-electron chi connectivity index (χ2n) is 7.18. The van der Waals surface area contributed by atoms with Crippen LogP contribution in [0.25, 0.3) is 5.57 Å². The predicted molar refractivity (Wildman–Crippen MR) is 141 cm³/mol. The summed E-state index contributed by atoms with van der Waals surface area (Å²) in [5, 5.41) is 20.7. The van der Waals surface area contributed by atoms with Crippen LogP contribution in [0.3, 0.4) is 0 Å². The van der Waals surface area contributed by atoms with E-state index >= 15 is 0 Å². The zero-order chi connectivity index (χ0) is 24.1. The highest BCUT2D eigenvalue weighted by Gasteiger charge is 2.18. The summed E-state index contributed by atoms with van der Waals surface area (Å²) in [6.45, 7) is 16.7. The molecule has 1 aliphatic rings. The maximum atomic E-state index is 9.76. The molecule has 178 valence electrons. The molecule has 0 bridgehead atoms. The molecule has 31 heavy (non-hydrogen) atoms. The number of nitrogens with zero attached hydrogens (tertiary/aromatic N) is 2. The molecule has 1 fully saturated rings. The van der Waals surface area contributed by atoms with Crippen molar-refractivity contribution < 1.29 is 5.11 Å². The molecule has 0 spiro atoms. The smallest absolute Gasteiger partial charge is 0.122 e. The Morgan fingerprint density at radius 2 is 2.06 bits per heavy atom. The summed E-state index contributed by atoms with van der Waals surface area (Å²) in [5.41, 5.74) is 1.89. The molecule has 1 saturated carbocycles. The van der Waals surface area contributed by atoms with Gasteiger partial charge in [0.1, 0.15) is 11.1 Å². The fourth-order valence-corrected chi connectivity index (χ4v) is 3.20. The Morgan fingerprint density at radius 3 is 2.42 bits per heavy atom. The Balaban J connectivity index is 0. The number of thiazole rings is 1. The third-order valence-electron chi connectivity index (χ3n) is 4.47. The van der Waals surface area contributed by atoms with Gasteiger partial charge < -0.3 is 15.8 Å². The van der Waals surface area contributed by atoms with Gasteiger partial charge in [0.15, 0.2) is 0 Å². The van der Waals surface area contributed by atoms with E-state index in [9.17, 15) is 5.11 Å². The molecule has 0 aromatic carbocycles. The van der Waals surface area contributed by atoms with Gasteiger partial charge in [-0.2, -0.15) is 0 Å². The second kappa shape index (κ2) is 21.4. The number of aliphatic hydroxyl groups is 1. The zero-order valence-electron chi connectivity index (χ0n) is 20.9. The van der Waals surface area contributed by atoms with E-state index in [1.54, 1.807) is 19.6 Å². The Kier molecular flexibility index (Phi) is 21.7. The molecule has 3 N–H and O–H groups in total. The van der Waals surface area contributed by atoms with Crippen LogP contribution in [0.4, 0.5) is 0 Å². The van der Waals surface area contributed by atoms with Gasteiger partial charge in [-0.05, 0) is 51.5 Å². The summed E-state index contributed by atoms with van der Waals surface area (Å²) in [5.74, 6) is 0.667. The van der Waals surface area contributed by atoms with E-state index in [0.717, 1.165) is 47.0 Å². The van der Waals surface area contributed by atoms with Crippen LogP contribution in [0.15, 0.2) is 29.9 Å². The van der Waals surface area contributed by atoms with Crippen molar-refractivity contribution in [3.05, 3.63) is 34.8 Å². The first kappa shape index (κ1) is 31.4. The van der Waals surface area contributed by atoms with Gasteiger partial charge in [0, 0.05) is 30.4 Å². The molecule has 1 aromatic heterocycles. The van der Waals surface area contributed by atoms with Crippen molar-refractivity contribution in [1.82, 2.24) is 10.3 Å². The van der Waals surface area contributed by atoms with Crippen molar-refractivity contribution in [2.24, 2.45) is 10.9 Å². The number of nitrogens with one attached hydrogen (secondary N) is 2. The molecule has 1 aromatic rings. The van der Waals surface area contributed by atoms with Gasteiger partial charge in [-0.25, -0.2) is 4.98 Å². The van der Waals surface area contributed by atoms with E-state index in [-0.39, 0.29) is 0 Å². The first-order valence-electron chi connectivity index (χ1n) is 11.5.